The third-order valence-electron chi connectivity index (χ3n) is 5.48. The molecular formula is C26H26N2O2. The van der Waals surface area contributed by atoms with Gasteiger partial charge in [0, 0.05) is 23.5 Å². The van der Waals surface area contributed by atoms with Gasteiger partial charge in [0.1, 0.15) is 5.75 Å². The number of anilines is 2. The molecule has 3 aromatic rings. The number of carbonyl (C=O) groups is 1. The number of amides is 1. The fourth-order valence-electron chi connectivity index (χ4n) is 3.99. The molecule has 3 aromatic carbocycles. The Morgan fingerprint density at radius 1 is 1.00 bits per heavy atom. The highest BCUT2D eigenvalue weighted by Crippen LogP contribution is 2.39. The fraction of sp³-hybridized carbons (Fsp3) is 0.192. The Kier molecular flexibility index (Phi) is 5.84. The SMILES string of the molecule is COc1ccc(N[C@H]2C[C@H](C)N(C(=O)/C=C/c3ccccc3)c3ccccc32)cc1. The molecule has 1 aliphatic rings. The summed E-state index contributed by atoms with van der Waals surface area (Å²) in [4.78, 5) is 15.0. The number of rotatable bonds is 5. The van der Waals surface area contributed by atoms with E-state index < -0.39 is 0 Å². The van der Waals surface area contributed by atoms with Gasteiger partial charge in [-0.1, -0.05) is 48.5 Å². The number of carbonyl (C=O) groups excluding carboxylic acids is 1. The quantitative estimate of drug-likeness (QED) is 0.562. The van der Waals surface area contributed by atoms with Crippen LogP contribution in [-0.2, 0) is 4.79 Å². The second kappa shape index (κ2) is 8.87. The number of ether oxygens (including phenoxy) is 1. The standard InChI is InChI=1S/C26H26N2O2/c1-19-18-24(27-21-13-15-22(30-2)16-14-21)23-10-6-7-11-25(23)28(19)26(29)17-12-20-8-4-3-5-9-20/h3-17,19,24,27H,18H2,1-2H3/b17-12+/t19-,24-/m0/s1. The van der Waals surface area contributed by atoms with E-state index in [1.807, 2.05) is 83.8 Å². The van der Waals surface area contributed by atoms with Gasteiger partial charge in [-0.2, -0.15) is 0 Å². The average Bonchev–Trinajstić information content (AvgIpc) is 2.79. The van der Waals surface area contributed by atoms with Crippen LogP contribution in [0.2, 0.25) is 0 Å². The maximum absolute atomic E-state index is 13.1. The van der Waals surface area contributed by atoms with Crippen LogP contribution in [0.15, 0.2) is 84.9 Å². The molecule has 0 saturated carbocycles. The molecule has 4 rings (SSSR count). The summed E-state index contributed by atoms with van der Waals surface area (Å²) in [5, 5.41) is 3.62. The second-order valence-electron chi connectivity index (χ2n) is 7.52. The van der Waals surface area contributed by atoms with Gasteiger partial charge in [0.15, 0.2) is 0 Å². The molecule has 0 aliphatic carbocycles. The van der Waals surface area contributed by atoms with Crippen LogP contribution in [0.5, 0.6) is 5.75 Å². The molecular weight excluding hydrogens is 372 g/mol. The van der Waals surface area contributed by atoms with E-state index in [9.17, 15) is 4.79 Å². The maximum Gasteiger partial charge on any atom is 0.251 e. The third kappa shape index (κ3) is 4.23. The summed E-state index contributed by atoms with van der Waals surface area (Å²) in [6, 6.07) is 26.2. The first kappa shape index (κ1) is 19.8. The highest BCUT2D eigenvalue weighted by molar-refractivity contribution is 6.05. The molecule has 1 aliphatic heterocycles. The Morgan fingerprint density at radius 2 is 1.70 bits per heavy atom. The van der Waals surface area contributed by atoms with E-state index in [0.717, 1.165) is 34.7 Å². The predicted octanol–water partition coefficient (Wildman–Crippen LogP) is 5.69. The molecule has 1 amide bonds. The summed E-state index contributed by atoms with van der Waals surface area (Å²) in [6.45, 7) is 2.10. The molecule has 0 bridgehead atoms. The summed E-state index contributed by atoms with van der Waals surface area (Å²) in [6.07, 6.45) is 4.37. The molecule has 0 aromatic heterocycles. The van der Waals surface area contributed by atoms with E-state index in [4.69, 9.17) is 4.74 Å². The van der Waals surface area contributed by atoms with Gasteiger partial charge in [-0.05, 0) is 60.9 Å². The summed E-state index contributed by atoms with van der Waals surface area (Å²) in [7, 11) is 1.67. The van der Waals surface area contributed by atoms with Crippen molar-refractivity contribution >= 4 is 23.4 Å². The Hall–Kier alpha value is -3.53. The van der Waals surface area contributed by atoms with Gasteiger partial charge in [-0.3, -0.25) is 4.79 Å². The van der Waals surface area contributed by atoms with Gasteiger partial charge in [0.25, 0.3) is 5.91 Å². The number of hydrogen-bond donors (Lipinski definition) is 1. The van der Waals surface area contributed by atoms with Crippen LogP contribution in [0, 0.1) is 0 Å². The first-order chi connectivity index (χ1) is 14.7. The number of para-hydroxylation sites is 1. The molecule has 0 unspecified atom stereocenters. The molecule has 4 nitrogen and oxygen atoms in total. The molecule has 30 heavy (non-hydrogen) atoms. The Morgan fingerprint density at radius 3 is 2.43 bits per heavy atom. The van der Waals surface area contributed by atoms with Crippen LogP contribution in [0.3, 0.4) is 0 Å². The Balaban J connectivity index is 1.58. The van der Waals surface area contributed by atoms with E-state index in [1.165, 1.54) is 0 Å². The van der Waals surface area contributed by atoms with Crippen molar-refractivity contribution in [2.45, 2.75) is 25.4 Å². The summed E-state index contributed by atoms with van der Waals surface area (Å²) in [5.74, 6) is 0.835. The van der Waals surface area contributed by atoms with E-state index in [2.05, 4.69) is 18.3 Å². The minimum absolute atomic E-state index is 0.00157. The van der Waals surface area contributed by atoms with Crippen molar-refractivity contribution in [2.24, 2.45) is 0 Å². The Bertz CT molecular complexity index is 1030. The van der Waals surface area contributed by atoms with Gasteiger partial charge in [0.2, 0.25) is 0 Å². The van der Waals surface area contributed by atoms with Gasteiger partial charge in [-0.15, -0.1) is 0 Å². The first-order valence-electron chi connectivity index (χ1n) is 10.2. The Labute approximate surface area is 177 Å². The number of fused-ring (bicyclic) bond motifs is 1. The topological polar surface area (TPSA) is 41.6 Å². The normalized spacial score (nSPS) is 18.1. The maximum atomic E-state index is 13.1. The van der Waals surface area contributed by atoms with E-state index >= 15 is 0 Å². The number of methoxy groups -OCH3 is 1. The van der Waals surface area contributed by atoms with Crippen molar-refractivity contribution in [3.8, 4) is 5.75 Å². The molecule has 2 atom stereocenters. The van der Waals surface area contributed by atoms with Crippen molar-refractivity contribution < 1.29 is 9.53 Å². The van der Waals surface area contributed by atoms with Crippen LogP contribution in [0.1, 0.15) is 30.5 Å². The second-order valence-corrected chi connectivity index (χ2v) is 7.52. The van der Waals surface area contributed by atoms with Gasteiger partial charge in [-0.25, -0.2) is 0 Å². The zero-order chi connectivity index (χ0) is 20.9. The minimum Gasteiger partial charge on any atom is -0.497 e. The monoisotopic (exact) mass is 398 g/mol. The molecule has 152 valence electrons. The lowest BCUT2D eigenvalue weighted by atomic mass is 9.91. The lowest BCUT2D eigenvalue weighted by molar-refractivity contribution is -0.114. The lowest BCUT2D eigenvalue weighted by Gasteiger charge is -2.39. The highest BCUT2D eigenvalue weighted by Gasteiger charge is 2.32. The molecule has 0 fully saturated rings. The summed E-state index contributed by atoms with van der Waals surface area (Å²) >= 11 is 0. The highest BCUT2D eigenvalue weighted by atomic mass is 16.5. The molecule has 1 N–H and O–H groups in total. The summed E-state index contributed by atoms with van der Waals surface area (Å²) in [5.41, 5.74) is 4.15. The van der Waals surface area contributed by atoms with Crippen molar-refractivity contribution in [2.75, 3.05) is 17.3 Å². The molecule has 0 spiro atoms. The molecule has 1 heterocycles. The number of nitrogens with zero attached hydrogens (tertiary/aromatic N) is 1. The van der Waals surface area contributed by atoms with Crippen molar-refractivity contribution in [1.82, 2.24) is 0 Å². The molecule has 4 heteroatoms. The van der Waals surface area contributed by atoms with Crippen LogP contribution >= 0.6 is 0 Å². The number of benzene rings is 3. The van der Waals surface area contributed by atoms with Gasteiger partial charge in [0.05, 0.1) is 13.2 Å². The minimum atomic E-state index is 0.00157. The molecule has 0 radical (unpaired) electrons. The third-order valence-corrected chi connectivity index (χ3v) is 5.48. The van der Waals surface area contributed by atoms with E-state index in [0.29, 0.717) is 0 Å². The smallest absolute Gasteiger partial charge is 0.251 e. The average molecular weight is 399 g/mol. The predicted molar refractivity (Wildman–Crippen MR) is 123 cm³/mol. The lowest BCUT2D eigenvalue weighted by Crippen LogP contribution is -2.43. The van der Waals surface area contributed by atoms with Crippen LogP contribution in [0.4, 0.5) is 11.4 Å². The van der Waals surface area contributed by atoms with E-state index in [-0.39, 0.29) is 18.0 Å². The zero-order valence-electron chi connectivity index (χ0n) is 17.3. The van der Waals surface area contributed by atoms with Gasteiger partial charge >= 0.3 is 0 Å². The molecule has 0 saturated heterocycles. The number of hydrogen-bond acceptors (Lipinski definition) is 3. The summed E-state index contributed by atoms with van der Waals surface area (Å²) < 4.78 is 5.25. The van der Waals surface area contributed by atoms with Crippen molar-refractivity contribution in [1.29, 1.82) is 0 Å². The fourth-order valence-corrected chi connectivity index (χ4v) is 3.99. The zero-order valence-corrected chi connectivity index (χ0v) is 17.3. The van der Waals surface area contributed by atoms with Gasteiger partial charge < -0.3 is 15.0 Å². The van der Waals surface area contributed by atoms with Crippen molar-refractivity contribution in [3.63, 3.8) is 0 Å². The largest absolute Gasteiger partial charge is 0.497 e. The first-order valence-corrected chi connectivity index (χ1v) is 10.2. The van der Waals surface area contributed by atoms with Crippen LogP contribution in [-0.4, -0.2) is 19.1 Å². The van der Waals surface area contributed by atoms with Crippen LogP contribution < -0.4 is 15.0 Å². The van der Waals surface area contributed by atoms with E-state index in [1.54, 1.807) is 13.2 Å². The number of nitrogens with one attached hydrogen (secondary N) is 1. The van der Waals surface area contributed by atoms with Crippen molar-refractivity contribution in [3.05, 3.63) is 96.1 Å². The van der Waals surface area contributed by atoms with Crippen LogP contribution in [0.25, 0.3) is 6.08 Å².